The molecule has 0 spiro atoms. The van der Waals surface area contributed by atoms with Crippen LogP contribution in [0.1, 0.15) is 42.1 Å². The molecule has 1 aromatic rings. The van der Waals surface area contributed by atoms with Crippen LogP contribution in [-0.2, 0) is 11.2 Å². The highest BCUT2D eigenvalue weighted by Crippen LogP contribution is 2.20. The fourth-order valence-corrected chi connectivity index (χ4v) is 2.58. The van der Waals surface area contributed by atoms with E-state index in [1.165, 1.54) is 0 Å². The number of benzene rings is 1. The van der Waals surface area contributed by atoms with E-state index in [0.717, 1.165) is 30.5 Å². The van der Waals surface area contributed by atoms with Crippen molar-refractivity contribution in [1.82, 2.24) is 4.90 Å². The summed E-state index contributed by atoms with van der Waals surface area (Å²) in [6.07, 6.45) is 2.65. The summed E-state index contributed by atoms with van der Waals surface area (Å²) in [5, 5.41) is 8.67. The van der Waals surface area contributed by atoms with Crippen molar-refractivity contribution in [3.05, 3.63) is 35.4 Å². The van der Waals surface area contributed by atoms with Crippen LogP contribution in [-0.4, -0.2) is 35.0 Å². The van der Waals surface area contributed by atoms with Crippen molar-refractivity contribution in [3.8, 4) is 0 Å². The number of aliphatic carboxylic acids is 1. The SMILES string of the molecule is CC(CCC(=O)O)CCN1CCc2ccccc2C1=O. The molecule has 0 aromatic heterocycles. The molecule has 1 heterocycles. The van der Waals surface area contributed by atoms with E-state index < -0.39 is 5.97 Å². The minimum absolute atomic E-state index is 0.109. The predicted molar refractivity (Wildman–Crippen MR) is 76.7 cm³/mol. The lowest BCUT2D eigenvalue weighted by Gasteiger charge is -2.29. The number of rotatable bonds is 6. The number of carboxylic acid groups (broad SMARTS) is 1. The van der Waals surface area contributed by atoms with E-state index >= 15 is 0 Å². The highest BCUT2D eigenvalue weighted by Gasteiger charge is 2.23. The Bertz CT molecular complexity index is 498. The highest BCUT2D eigenvalue weighted by atomic mass is 16.4. The molecule has 0 bridgehead atoms. The predicted octanol–water partition coefficient (Wildman–Crippen LogP) is 2.58. The third-order valence-electron chi connectivity index (χ3n) is 3.93. The van der Waals surface area contributed by atoms with Gasteiger partial charge in [0.05, 0.1) is 0 Å². The van der Waals surface area contributed by atoms with Crippen LogP contribution in [0, 0.1) is 5.92 Å². The molecule has 0 saturated carbocycles. The molecule has 4 heteroatoms. The molecule has 2 rings (SSSR count). The van der Waals surface area contributed by atoms with E-state index in [1.54, 1.807) is 0 Å². The Morgan fingerprint density at radius 2 is 2.10 bits per heavy atom. The minimum Gasteiger partial charge on any atom is -0.481 e. The van der Waals surface area contributed by atoms with E-state index in [4.69, 9.17) is 5.11 Å². The summed E-state index contributed by atoms with van der Waals surface area (Å²) >= 11 is 0. The van der Waals surface area contributed by atoms with Gasteiger partial charge in [-0.15, -0.1) is 0 Å². The Hall–Kier alpha value is -1.84. The van der Waals surface area contributed by atoms with Crippen LogP contribution in [0.15, 0.2) is 24.3 Å². The first-order valence-electron chi connectivity index (χ1n) is 7.17. The number of carbonyl (C=O) groups is 2. The fraction of sp³-hybridized carbons (Fsp3) is 0.500. The zero-order valence-electron chi connectivity index (χ0n) is 11.8. The topological polar surface area (TPSA) is 57.6 Å². The second-order valence-electron chi connectivity index (χ2n) is 5.53. The summed E-state index contributed by atoms with van der Waals surface area (Å²) in [5.41, 5.74) is 1.95. The van der Waals surface area contributed by atoms with E-state index in [-0.39, 0.29) is 12.3 Å². The van der Waals surface area contributed by atoms with Gasteiger partial charge >= 0.3 is 5.97 Å². The zero-order chi connectivity index (χ0) is 14.5. The number of carboxylic acids is 1. The first kappa shape index (κ1) is 14.6. The molecule has 0 fully saturated rings. The van der Waals surface area contributed by atoms with Crippen LogP contribution >= 0.6 is 0 Å². The molecule has 1 atom stereocenters. The Morgan fingerprint density at radius 1 is 1.35 bits per heavy atom. The molecule has 0 aliphatic carbocycles. The number of fused-ring (bicyclic) bond motifs is 1. The van der Waals surface area contributed by atoms with Crippen LogP contribution in [0.5, 0.6) is 0 Å². The van der Waals surface area contributed by atoms with Gasteiger partial charge < -0.3 is 10.0 Å². The van der Waals surface area contributed by atoms with Crippen LogP contribution in [0.4, 0.5) is 0 Å². The number of hydrogen-bond donors (Lipinski definition) is 1. The average Bonchev–Trinajstić information content (AvgIpc) is 2.44. The zero-order valence-corrected chi connectivity index (χ0v) is 11.8. The molecule has 0 saturated heterocycles. The molecular formula is C16H21NO3. The fourth-order valence-electron chi connectivity index (χ4n) is 2.58. The van der Waals surface area contributed by atoms with Crippen molar-refractivity contribution in [3.63, 3.8) is 0 Å². The Balaban J connectivity index is 1.86. The van der Waals surface area contributed by atoms with Crippen molar-refractivity contribution in [1.29, 1.82) is 0 Å². The number of hydrogen-bond acceptors (Lipinski definition) is 2. The Labute approximate surface area is 119 Å². The summed E-state index contributed by atoms with van der Waals surface area (Å²) < 4.78 is 0. The summed E-state index contributed by atoms with van der Waals surface area (Å²) in [6, 6.07) is 7.77. The molecule has 20 heavy (non-hydrogen) atoms. The van der Waals surface area contributed by atoms with Gasteiger partial charge in [-0.25, -0.2) is 0 Å². The first-order chi connectivity index (χ1) is 9.58. The Morgan fingerprint density at radius 3 is 2.85 bits per heavy atom. The van der Waals surface area contributed by atoms with E-state index in [1.807, 2.05) is 36.1 Å². The lowest BCUT2D eigenvalue weighted by molar-refractivity contribution is -0.137. The third kappa shape index (κ3) is 3.59. The third-order valence-corrected chi connectivity index (χ3v) is 3.93. The van der Waals surface area contributed by atoms with E-state index in [9.17, 15) is 9.59 Å². The molecule has 0 radical (unpaired) electrons. The van der Waals surface area contributed by atoms with Crippen LogP contribution in [0.25, 0.3) is 0 Å². The Kier molecular flexibility index (Phi) is 4.77. The standard InChI is InChI=1S/C16H21NO3/c1-12(6-7-15(18)19)8-10-17-11-9-13-4-2-3-5-14(13)16(17)20/h2-5,12H,6-11H2,1H3,(H,18,19). The van der Waals surface area contributed by atoms with Gasteiger partial charge in [-0.3, -0.25) is 9.59 Å². The van der Waals surface area contributed by atoms with Gasteiger partial charge in [-0.2, -0.15) is 0 Å². The molecule has 1 aromatic carbocycles. The number of nitrogens with zero attached hydrogens (tertiary/aromatic N) is 1. The van der Waals surface area contributed by atoms with Gasteiger partial charge in [0.2, 0.25) is 0 Å². The highest BCUT2D eigenvalue weighted by molar-refractivity contribution is 5.96. The van der Waals surface area contributed by atoms with Crippen LogP contribution in [0.3, 0.4) is 0 Å². The molecule has 108 valence electrons. The second kappa shape index (κ2) is 6.55. The molecule has 1 aliphatic heterocycles. The van der Waals surface area contributed by atoms with Crippen molar-refractivity contribution in [2.24, 2.45) is 5.92 Å². The lowest BCUT2D eigenvalue weighted by Crippen LogP contribution is -2.38. The quantitative estimate of drug-likeness (QED) is 0.868. The summed E-state index contributed by atoms with van der Waals surface area (Å²) in [5.74, 6) is -0.312. The van der Waals surface area contributed by atoms with Crippen molar-refractivity contribution in [2.75, 3.05) is 13.1 Å². The first-order valence-corrected chi connectivity index (χ1v) is 7.17. The summed E-state index contributed by atoms with van der Waals surface area (Å²) in [7, 11) is 0. The maximum atomic E-state index is 12.3. The average molecular weight is 275 g/mol. The summed E-state index contributed by atoms with van der Waals surface area (Å²) in [6.45, 7) is 3.53. The molecule has 1 amide bonds. The van der Waals surface area contributed by atoms with Crippen molar-refractivity contribution >= 4 is 11.9 Å². The maximum Gasteiger partial charge on any atom is 0.303 e. The van der Waals surface area contributed by atoms with Crippen LogP contribution in [0.2, 0.25) is 0 Å². The van der Waals surface area contributed by atoms with Gasteiger partial charge in [0, 0.05) is 25.1 Å². The van der Waals surface area contributed by atoms with Gasteiger partial charge in [0.25, 0.3) is 5.91 Å². The van der Waals surface area contributed by atoms with Gasteiger partial charge in [-0.05, 0) is 36.8 Å². The molecule has 1 N–H and O–H groups in total. The largest absolute Gasteiger partial charge is 0.481 e. The molecule has 4 nitrogen and oxygen atoms in total. The van der Waals surface area contributed by atoms with Crippen LogP contribution < -0.4 is 0 Å². The maximum absolute atomic E-state index is 12.3. The minimum atomic E-state index is -0.750. The second-order valence-corrected chi connectivity index (χ2v) is 5.53. The molecule has 1 aliphatic rings. The van der Waals surface area contributed by atoms with Gasteiger partial charge in [0.1, 0.15) is 0 Å². The normalized spacial score (nSPS) is 15.8. The van der Waals surface area contributed by atoms with Crippen molar-refractivity contribution in [2.45, 2.75) is 32.6 Å². The monoisotopic (exact) mass is 275 g/mol. The lowest BCUT2D eigenvalue weighted by atomic mass is 9.97. The van der Waals surface area contributed by atoms with Crippen molar-refractivity contribution < 1.29 is 14.7 Å². The molecule has 1 unspecified atom stereocenters. The molecular weight excluding hydrogens is 254 g/mol. The number of amides is 1. The number of carbonyl (C=O) groups excluding carboxylic acids is 1. The van der Waals surface area contributed by atoms with Gasteiger partial charge in [0.15, 0.2) is 0 Å². The smallest absolute Gasteiger partial charge is 0.303 e. The summed E-state index contributed by atoms with van der Waals surface area (Å²) in [4.78, 5) is 24.8. The van der Waals surface area contributed by atoms with E-state index in [2.05, 4.69) is 0 Å². The van der Waals surface area contributed by atoms with E-state index in [0.29, 0.717) is 18.9 Å². The van der Waals surface area contributed by atoms with Gasteiger partial charge in [-0.1, -0.05) is 25.1 Å².